The summed E-state index contributed by atoms with van der Waals surface area (Å²) < 4.78 is 0. The highest BCUT2D eigenvalue weighted by Gasteiger charge is 2.50. The van der Waals surface area contributed by atoms with Gasteiger partial charge in [-0.25, -0.2) is 4.79 Å². The van der Waals surface area contributed by atoms with E-state index in [0.29, 0.717) is 5.92 Å². The maximum atomic E-state index is 10.7. The first kappa shape index (κ1) is 5.97. The third-order valence-corrected chi connectivity index (χ3v) is 2.56. The van der Waals surface area contributed by atoms with Crippen LogP contribution < -0.4 is 16.4 Å². The summed E-state index contributed by atoms with van der Waals surface area (Å²) >= 11 is 0. The molecule has 3 aliphatic rings. The van der Waals surface area contributed by atoms with Gasteiger partial charge in [0.25, 0.3) is 0 Å². The van der Waals surface area contributed by atoms with Gasteiger partial charge >= 0.3 is 6.03 Å². The third kappa shape index (κ3) is 0.520. The van der Waals surface area contributed by atoms with E-state index in [4.69, 9.17) is 5.73 Å². The SMILES string of the molecule is CC1C2NC(=O)NC1C2N. The van der Waals surface area contributed by atoms with E-state index in [0.717, 1.165) is 0 Å². The molecule has 4 nitrogen and oxygen atoms in total. The van der Waals surface area contributed by atoms with E-state index < -0.39 is 0 Å². The summed E-state index contributed by atoms with van der Waals surface area (Å²) in [6, 6.07) is 0.458. The third-order valence-electron chi connectivity index (χ3n) is 2.56. The number of rotatable bonds is 0. The van der Waals surface area contributed by atoms with Crippen molar-refractivity contribution in [2.75, 3.05) is 0 Å². The molecule has 10 heavy (non-hydrogen) atoms. The van der Waals surface area contributed by atoms with Crippen LogP contribution in [0.25, 0.3) is 0 Å². The standard InChI is InChI=1S/C6H11N3O/c1-2-4-3(7)5(2)9-6(10)8-4/h2-5H,7H2,1H3,(H2,8,9,10). The summed E-state index contributed by atoms with van der Waals surface area (Å²) in [5.41, 5.74) is 5.70. The van der Waals surface area contributed by atoms with Crippen molar-refractivity contribution < 1.29 is 4.79 Å². The predicted octanol–water partition coefficient (Wildman–Crippen LogP) is -0.987. The number of fused-ring (bicyclic) bond motifs is 2. The van der Waals surface area contributed by atoms with Crippen molar-refractivity contribution in [2.24, 2.45) is 11.7 Å². The van der Waals surface area contributed by atoms with E-state index in [2.05, 4.69) is 17.6 Å². The van der Waals surface area contributed by atoms with Gasteiger partial charge in [0, 0.05) is 6.04 Å². The number of nitrogens with two attached hydrogens (primary N) is 1. The van der Waals surface area contributed by atoms with Crippen molar-refractivity contribution in [3.63, 3.8) is 0 Å². The zero-order chi connectivity index (χ0) is 7.30. The van der Waals surface area contributed by atoms with Gasteiger partial charge in [-0.3, -0.25) is 0 Å². The summed E-state index contributed by atoms with van der Waals surface area (Å²) in [5.74, 6) is 0.493. The quantitative estimate of drug-likeness (QED) is 0.405. The van der Waals surface area contributed by atoms with Gasteiger partial charge in [0.2, 0.25) is 0 Å². The summed E-state index contributed by atoms with van der Waals surface area (Å²) in [6.45, 7) is 2.09. The average molecular weight is 141 g/mol. The molecule has 0 spiro atoms. The van der Waals surface area contributed by atoms with Crippen LogP contribution in [-0.4, -0.2) is 24.2 Å². The van der Waals surface area contributed by atoms with E-state index in [-0.39, 0.29) is 24.2 Å². The minimum Gasteiger partial charge on any atom is -0.333 e. The minimum absolute atomic E-state index is 0.0743. The lowest BCUT2D eigenvalue weighted by atomic mass is 9.70. The Morgan fingerprint density at radius 1 is 1.40 bits per heavy atom. The van der Waals surface area contributed by atoms with Gasteiger partial charge in [0.05, 0.1) is 12.1 Å². The molecule has 2 heterocycles. The molecule has 2 aliphatic heterocycles. The Bertz CT molecular complexity index is 156. The highest BCUT2D eigenvalue weighted by atomic mass is 16.2. The van der Waals surface area contributed by atoms with E-state index in [1.54, 1.807) is 0 Å². The second-order valence-corrected chi connectivity index (χ2v) is 3.11. The summed E-state index contributed by atoms with van der Waals surface area (Å²) in [6.07, 6.45) is 0. The lowest BCUT2D eigenvalue weighted by Gasteiger charge is -2.53. The van der Waals surface area contributed by atoms with Crippen molar-refractivity contribution in [1.82, 2.24) is 10.6 Å². The van der Waals surface area contributed by atoms with Gasteiger partial charge in [-0.1, -0.05) is 6.92 Å². The number of carbonyl (C=O) groups is 1. The topological polar surface area (TPSA) is 67.2 Å². The van der Waals surface area contributed by atoms with Gasteiger partial charge in [-0.2, -0.15) is 0 Å². The van der Waals surface area contributed by atoms with Crippen LogP contribution in [0.15, 0.2) is 0 Å². The molecule has 2 atom stereocenters. The van der Waals surface area contributed by atoms with Gasteiger partial charge in [-0.15, -0.1) is 0 Å². The van der Waals surface area contributed by atoms with Crippen LogP contribution in [0.3, 0.4) is 0 Å². The fraction of sp³-hybridized carbons (Fsp3) is 0.833. The molecule has 4 N–H and O–H groups in total. The van der Waals surface area contributed by atoms with Crippen LogP contribution >= 0.6 is 0 Å². The van der Waals surface area contributed by atoms with E-state index in [1.165, 1.54) is 0 Å². The zero-order valence-corrected chi connectivity index (χ0v) is 5.79. The molecule has 2 bridgehead atoms. The molecule has 0 radical (unpaired) electrons. The molecule has 56 valence electrons. The molecular formula is C6H11N3O. The average Bonchev–Trinajstić information content (AvgIpc) is 1.94. The number of urea groups is 1. The highest BCUT2D eigenvalue weighted by Crippen LogP contribution is 2.29. The fourth-order valence-electron chi connectivity index (χ4n) is 1.80. The van der Waals surface area contributed by atoms with Crippen LogP contribution in [0.5, 0.6) is 0 Å². The number of nitrogens with one attached hydrogen (secondary N) is 2. The van der Waals surface area contributed by atoms with Crippen molar-refractivity contribution in [1.29, 1.82) is 0 Å². The lowest BCUT2D eigenvalue weighted by molar-refractivity contribution is 0.0929. The Morgan fingerprint density at radius 3 is 2.20 bits per heavy atom. The van der Waals surface area contributed by atoms with Gasteiger partial charge in [0.1, 0.15) is 0 Å². The first-order valence-corrected chi connectivity index (χ1v) is 3.53. The van der Waals surface area contributed by atoms with Crippen LogP contribution in [0.4, 0.5) is 4.79 Å². The molecular weight excluding hydrogens is 130 g/mol. The van der Waals surface area contributed by atoms with E-state index >= 15 is 0 Å². The molecule has 0 aromatic heterocycles. The monoisotopic (exact) mass is 141 g/mol. The van der Waals surface area contributed by atoms with E-state index in [9.17, 15) is 4.79 Å². The number of carbonyl (C=O) groups excluding carboxylic acids is 1. The maximum Gasteiger partial charge on any atom is 0.315 e. The Kier molecular flexibility index (Phi) is 0.976. The van der Waals surface area contributed by atoms with Gasteiger partial charge in [-0.05, 0) is 5.92 Å². The van der Waals surface area contributed by atoms with Crippen LogP contribution in [-0.2, 0) is 0 Å². The zero-order valence-electron chi connectivity index (χ0n) is 5.79. The van der Waals surface area contributed by atoms with Crippen molar-refractivity contribution in [3.8, 4) is 0 Å². The second-order valence-electron chi connectivity index (χ2n) is 3.11. The maximum absolute atomic E-state index is 10.7. The summed E-state index contributed by atoms with van der Waals surface area (Å²) in [4.78, 5) is 10.7. The molecule has 2 unspecified atom stereocenters. The molecule has 3 fully saturated rings. The Hall–Kier alpha value is -0.770. The first-order valence-electron chi connectivity index (χ1n) is 3.53. The summed E-state index contributed by atoms with van der Waals surface area (Å²) in [5, 5.41) is 5.54. The molecule has 0 aromatic rings. The molecule has 1 aliphatic carbocycles. The molecule has 2 amide bonds. The van der Waals surface area contributed by atoms with Crippen molar-refractivity contribution in [3.05, 3.63) is 0 Å². The minimum atomic E-state index is -0.0743. The number of hydrogen-bond donors (Lipinski definition) is 3. The Morgan fingerprint density at radius 2 is 1.90 bits per heavy atom. The largest absolute Gasteiger partial charge is 0.333 e. The molecule has 3 rings (SSSR count). The normalized spacial score (nSPS) is 50.8. The van der Waals surface area contributed by atoms with Crippen LogP contribution in [0.2, 0.25) is 0 Å². The van der Waals surface area contributed by atoms with Gasteiger partial charge < -0.3 is 16.4 Å². The molecule has 4 heteroatoms. The van der Waals surface area contributed by atoms with Crippen molar-refractivity contribution in [2.45, 2.75) is 25.0 Å². The first-order chi connectivity index (χ1) is 4.70. The molecule has 2 saturated heterocycles. The van der Waals surface area contributed by atoms with Gasteiger partial charge in [0.15, 0.2) is 0 Å². The van der Waals surface area contributed by atoms with Crippen LogP contribution in [0, 0.1) is 5.92 Å². The highest BCUT2D eigenvalue weighted by molar-refractivity contribution is 5.77. The van der Waals surface area contributed by atoms with Crippen LogP contribution in [0.1, 0.15) is 6.92 Å². The predicted molar refractivity (Wildman–Crippen MR) is 36.4 cm³/mol. The smallest absolute Gasteiger partial charge is 0.315 e. The number of hydrogen-bond acceptors (Lipinski definition) is 2. The Labute approximate surface area is 59.2 Å². The Balaban J connectivity index is 2.13. The summed E-state index contributed by atoms with van der Waals surface area (Å²) in [7, 11) is 0. The lowest BCUT2D eigenvalue weighted by Crippen LogP contribution is -2.80. The second kappa shape index (κ2) is 1.63. The number of amides is 2. The van der Waals surface area contributed by atoms with Crippen molar-refractivity contribution >= 4 is 6.03 Å². The molecule has 1 saturated carbocycles. The molecule has 0 aromatic carbocycles. The fourth-order valence-corrected chi connectivity index (χ4v) is 1.80. The van der Waals surface area contributed by atoms with E-state index in [1.807, 2.05) is 0 Å².